The number of aliphatic hydroxyl groups excluding tert-OH is 1. The third-order valence-electron chi connectivity index (χ3n) is 1.85. The molecule has 0 radical (unpaired) electrons. The van der Waals surface area contributed by atoms with E-state index in [1.165, 1.54) is 0 Å². The summed E-state index contributed by atoms with van der Waals surface area (Å²) in [6, 6.07) is 7.93. The first-order chi connectivity index (χ1) is 6.24. The van der Waals surface area contributed by atoms with Gasteiger partial charge in [0.15, 0.2) is 0 Å². The Morgan fingerprint density at radius 1 is 1.46 bits per heavy atom. The minimum Gasteiger partial charge on any atom is -0.392 e. The zero-order chi connectivity index (χ0) is 9.68. The number of hydrogen-bond donors (Lipinski definition) is 1. The molecule has 1 atom stereocenters. The maximum absolute atomic E-state index is 9.53. The van der Waals surface area contributed by atoms with Crippen LogP contribution in [0.2, 0.25) is 0 Å². The molecule has 1 rings (SSSR count). The first-order valence-electron chi connectivity index (χ1n) is 4.26. The van der Waals surface area contributed by atoms with E-state index in [4.69, 9.17) is 0 Å². The fraction of sp³-hybridized carbons (Fsp3) is 0.273. The largest absolute Gasteiger partial charge is 0.392 e. The van der Waals surface area contributed by atoms with Crippen molar-refractivity contribution in [1.82, 2.24) is 0 Å². The zero-order valence-corrected chi connectivity index (χ0v) is 9.00. The van der Waals surface area contributed by atoms with Crippen molar-refractivity contribution in [2.24, 2.45) is 0 Å². The third kappa shape index (κ3) is 3.33. The molecule has 13 heavy (non-hydrogen) atoms. The van der Waals surface area contributed by atoms with Crippen molar-refractivity contribution in [1.29, 1.82) is 0 Å². The maximum atomic E-state index is 9.53. The summed E-state index contributed by atoms with van der Waals surface area (Å²) in [4.78, 5) is 0. The first-order valence-corrected chi connectivity index (χ1v) is 5.05. The number of benzene rings is 1. The zero-order valence-electron chi connectivity index (χ0n) is 7.41. The molecule has 0 saturated carbocycles. The molecule has 1 aromatic rings. The van der Waals surface area contributed by atoms with Crippen LogP contribution in [0.5, 0.6) is 0 Å². The Kier molecular flexibility index (Phi) is 4.19. The number of halogens is 1. The predicted molar refractivity (Wildman–Crippen MR) is 58.7 cm³/mol. The normalized spacial score (nSPS) is 12.5. The molecule has 0 unspecified atom stereocenters. The molecule has 0 spiro atoms. The van der Waals surface area contributed by atoms with E-state index in [-0.39, 0.29) is 6.10 Å². The summed E-state index contributed by atoms with van der Waals surface area (Å²) in [5.41, 5.74) is 1.14. The van der Waals surface area contributed by atoms with Crippen LogP contribution in [0.25, 0.3) is 0 Å². The Morgan fingerprint density at radius 2 is 2.15 bits per heavy atom. The van der Waals surface area contributed by atoms with E-state index in [9.17, 15) is 5.11 Å². The molecule has 0 saturated heterocycles. The van der Waals surface area contributed by atoms with Crippen molar-refractivity contribution in [2.75, 3.05) is 0 Å². The summed E-state index contributed by atoms with van der Waals surface area (Å²) in [7, 11) is 0. The standard InChI is InChI=1S/C11H13BrO/c1-2-5-10(13)8-9-6-3-4-7-11(9)12/h2-4,6-7,10,13H,1,5,8H2/t10-/m0/s1. The molecular formula is C11H13BrO. The van der Waals surface area contributed by atoms with Gasteiger partial charge in [-0.15, -0.1) is 6.58 Å². The number of aliphatic hydroxyl groups is 1. The van der Waals surface area contributed by atoms with Gasteiger partial charge in [-0.2, -0.15) is 0 Å². The Morgan fingerprint density at radius 3 is 2.77 bits per heavy atom. The van der Waals surface area contributed by atoms with Gasteiger partial charge < -0.3 is 5.11 Å². The summed E-state index contributed by atoms with van der Waals surface area (Å²) in [6.07, 6.45) is 2.73. The molecule has 0 amide bonds. The minimum atomic E-state index is -0.323. The van der Waals surface area contributed by atoms with Crippen LogP contribution in [0.15, 0.2) is 41.4 Å². The molecule has 0 bridgehead atoms. The molecule has 2 heteroatoms. The van der Waals surface area contributed by atoms with Crippen molar-refractivity contribution in [3.63, 3.8) is 0 Å². The lowest BCUT2D eigenvalue weighted by Gasteiger charge is -2.08. The molecule has 0 aliphatic rings. The fourth-order valence-corrected chi connectivity index (χ4v) is 1.64. The molecule has 70 valence electrons. The van der Waals surface area contributed by atoms with Crippen LogP contribution in [-0.2, 0) is 6.42 Å². The van der Waals surface area contributed by atoms with Crippen molar-refractivity contribution < 1.29 is 5.11 Å². The van der Waals surface area contributed by atoms with Crippen LogP contribution in [0.1, 0.15) is 12.0 Å². The Balaban J connectivity index is 2.63. The lowest BCUT2D eigenvalue weighted by molar-refractivity contribution is 0.178. The monoisotopic (exact) mass is 240 g/mol. The van der Waals surface area contributed by atoms with E-state index < -0.39 is 0 Å². The SMILES string of the molecule is C=CC[C@H](O)Cc1ccccc1Br. The molecular weight excluding hydrogens is 228 g/mol. The van der Waals surface area contributed by atoms with E-state index in [0.717, 1.165) is 10.0 Å². The van der Waals surface area contributed by atoms with Gasteiger partial charge >= 0.3 is 0 Å². The summed E-state index contributed by atoms with van der Waals surface area (Å²) in [6.45, 7) is 3.59. The van der Waals surface area contributed by atoms with Crippen LogP contribution >= 0.6 is 15.9 Å². The van der Waals surface area contributed by atoms with Crippen LogP contribution in [0.3, 0.4) is 0 Å². The fourth-order valence-electron chi connectivity index (χ4n) is 1.19. The molecule has 1 nitrogen and oxygen atoms in total. The third-order valence-corrected chi connectivity index (χ3v) is 2.63. The highest BCUT2D eigenvalue weighted by molar-refractivity contribution is 9.10. The van der Waals surface area contributed by atoms with Gasteiger partial charge in [0.2, 0.25) is 0 Å². The molecule has 0 aliphatic heterocycles. The summed E-state index contributed by atoms with van der Waals surface area (Å²) >= 11 is 3.44. The van der Waals surface area contributed by atoms with Gasteiger partial charge in [0.1, 0.15) is 0 Å². The highest BCUT2D eigenvalue weighted by Gasteiger charge is 2.05. The van der Waals surface area contributed by atoms with E-state index >= 15 is 0 Å². The van der Waals surface area contributed by atoms with E-state index in [1.54, 1.807) is 6.08 Å². The lowest BCUT2D eigenvalue weighted by atomic mass is 10.1. The van der Waals surface area contributed by atoms with Gasteiger partial charge in [-0.1, -0.05) is 40.2 Å². The minimum absolute atomic E-state index is 0.323. The van der Waals surface area contributed by atoms with Gasteiger partial charge in [-0.3, -0.25) is 0 Å². The summed E-state index contributed by atoms with van der Waals surface area (Å²) in [5.74, 6) is 0. The van der Waals surface area contributed by atoms with Gasteiger partial charge in [-0.05, 0) is 24.5 Å². The summed E-state index contributed by atoms with van der Waals surface area (Å²) < 4.78 is 1.05. The topological polar surface area (TPSA) is 20.2 Å². The van der Waals surface area contributed by atoms with Crippen LogP contribution in [0, 0.1) is 0 Å². The molecule has 0 heterocycles. The van der Waals surface area contributed by atoms with Gasteiger partial charge in [-0.25, -0.2) is 0 Å². The second kappa shape index (κ2) is 5.20. The van der Waals surface area contributed by atoms with Crippen molar-refractivity contribution in [2.45, 2.75) is 18.9 Å². The Hall–Kier alpha value is -0.600. The average molecular weight is 241 g/mol. The van der Waals surface area contributed by atoms with Crippen LogP contribution < -0.4 is 0 Å². The first kappa shape index (κ1) is 10.5. The highest BCUT2D eigenvalue weighted by atomic mass is 79.9. The molecule has 0 aliphatic carbocycles. The maximum Gasteiger partial charge on any atom is 0.0615 e. The molecule has 0 fully saturated rings. The second-order valence-electron chi connectivity index (χ2n) is 2.97. The highest BCUT2D eigenvalue weighted by Crippen LogP contribution is 2.18. The van der Waals surface area contributed by atoms with Gasteiger partial charge in [0.25, 0.3) is 0 Å². The lowest BCUT2D eigenvalue weighted by Crippen LogP contribution is -2.09. The Bertz CT molecular complexity index is 283. The number of rotatable bonds is 4. The van der Waals surface area contributed by atoms with Crippen molar-refractivity contribution in [3.05, 3.63) is 47.0 Å². The van der Waals surface area contributed by atoms with E-state index in [2.05, 4.69) is 22.5 Å². The van der Waals surface area contributed by atoms with E-state index in [0.29, 0.717) is 12.8 Å². The average Bonchev–Trinajstić information content (AvgIpc) is 2.09. The van der Waals surface area contributed by atoms with Crippen LogP contribution in [-0.4, -0.2) is 11.2 Å². The predicted octanol–water partition coefficient (Wildman–Crippen LogP) is 2.93. The molecule has 1 N–H and O–H groups in total. The van der Waals surface area contributed by atoms with Gasteiger partial charge in [0.05, 0.1) is 6.10 Å². The van der Waals surface area contributed by atoms with Crippen molar-refractivity contribution in [3.8, 4) is 0 Å². The quantitative estimate of drug-likeness (QED) is 0.803. The van der Waals surface area contributed by atoms with E-state index in [1.807, 2.05) is 24.3 Å². The van der Waals surface area contributed by atoms with Gasteiger partial charge in [0, 0.05) is 4.47 Å². The Labute approximate surface area is 87.2 Å². The van der Waals surface area contributed by atoms with Crippen molar-refractivity contribution >= 4 is 15.9 Å². The smallest absolute Gasteiger partial charge is 0.0615 e. The summed E-state index contributed by atoms with van der Waals surface area (Å²) in [5, 5.41) is 9.53. The molecule has 1 aromatic carbocycles. The van der Waals surface area contributed by atoms with Crippen LogP contribution in [0.4, 0.5) is 0 Å². The molecule has 0 aromatic heterocycles. The second-order valence-corrected chi connectivity index (χ2v) is 3.83. The number of hydrogen-bond acceptors (Lipinski definition) is 1.